The van der Waals surface area contributed by atoms with Crippen LogP contribution in [0.1, 0.15) is 35.8 Å². The smallest absolute Gasteiger partial charge is 0.339 e. The van der Waals surface area contributed by atoms with Crippen LogP contribution in [0.5, 0.6) is 0 Å². The SMILES string of the molecule is CCN(CC1CCNCC1)c1ccc(C(=O)OC)c(C)n1. The fourth-order valence-corrected chi connectivity index (χ4v) is 2.81. The van der Waals surface area contributed by atoms with Crippen LogP contribution >= 0.6 is 0 Å². The Morgan fingerprint density at radius 2 is 2.14 bits per heavy atom. The van der Waals surface area contributed by atoms with Crippen molar-refractivity contribution in [3.05, 3.63) is 23.4 Å². The first-order valence-corrected chi connectivity index (χ1v) is 7.67. The summed E-state index contributed by atoms with van der Waals surface area (Å²) in [5.41, 5.74) is 1.27. The van der Waals surface area contributed by atoms with Gasteiger partial charge in [-0.1, -0.05) is 0 Å². The van der Waals surface area contributed by atoms with E-state index in [0.29, 0.717) is 11.5 Å². The van der Waals surface area contributed by atoms with Crippen LogP contribution in [0.3, 0.4) is 0 Å². The van der Waals surface area contributed by atoms with Crippen molar-refractivity contribution in [3.8, 4) is 0 Å². The molecule has 2 rings (SSSR count). The van der Waals surface area contributed by atoms with Crippen LogP contribution in [0.15, 0.2) is 12.1 Å². The van der Waals surface area contributed by atoms with Crippen LogP contribution in [0.2, 0.25) is 0 Å². The molecule has 0 aliphatic carbocycles. The fraction of sp³-hybridized carbons (Fsp3) is 0.625. The minimum atomic E-state index is -0.326. The van der Waals surface area contributed by atoms with Gasteiger partial charge in [0.2, 0.25) is 0 Å². The van der Waals surface area contributed by atoms with Gasteiger partial charge in [-0.15, -0.1) is 0 Å². The van der Waals surface area contributed by atoms with Crippen molar-refractivity contribution in [2.45, 2.75) is 26.7 Å². The minimum Gasteiger partial charge on any atom is -0.465 e. The topological polar surface area (TPSA) is 54.5 Å². The molecule has 1 aliphatic rings. The molecule has 1 saturated heterocycles. The molecule has 0 amide bonds. The number of esters is 1. The molecule has 0 spiro atoms. The van der Waals surface area contributed by atoms with Gasteiger partial charge in [-0.3, -0.25) is 0 Å². The summed E-state index contributed by atoms with van der Waals surface area (Å²) >= 11 is 0. The lowest BCUT2D eigenvalue weighted by Crippen LogP contribution is -2.36. The second kappa shape index (κ2) is 7.41. The number of nitrogens with one attached hydrogen (secondary N) is 1. The van der Waals surface area contributed by atoms with Gasteiger partial charge in [0.1, 0.15) is 5.82 Å². The molecule has 5 heteroatoms. The van der Waals surface area contributed by atoms with Crippen LogP contribution in [0.4, 0.5) is 5.82 Å². The number of ether oxygens (including phenoxy) is 1. The molecule has 0 aromatic carbocycles. The largest absolute Gasteiger partial charge is 0.465 e. The second-order valence-corrected chi connectivity index (χ2v) is 5.53. The third kappa shape index (κ3) is 3.94. The summed E-state index contributed by atoms with van der Waals surface area (Å²) in [5.74, 6) is 1.34. The average Bonchev–Trinajstić information content (AvgIpc) is 2.52. The van der Waals surface area contributed by atoms with Gasteiger partial charge in [-0.2, -0.15) is 0 Å². The summed E-state index contributed by atoms with van der Waals surface area (Å²) in [4.78, 5) is 18.5. The lowest BCUT2D eigenvalue weighted by Gasteiger charge is -2.30. The summed E-state index contributed by atoms with van der Waals surface area (Å²) in [6.45, 7) is 8.17. The maximum Gasteiger partial charge on any atom is 0.339 e. The van der Waals surface area contributed by atoms with E-state index in [1.54, 1.807) is 0 Å². The zero-order valence-electron chi connectivity index (χ0n) is 13.2. The zero-order valence-corrected chi connectivity index (χ0v) is 13.2. The Labute approximate surface area is 126 Å². The average molecular weight is 291 g/mol. The Kier molecular flexibility index (Phi) is 5.56. The molecule has 1 aromatic heterocycles. The molecule has 116 valence electrons. The number of anilines is 1. The number of carbonyl (C=O) groups excluding carboxylic acids is 1. The Balaban J connectivity index is 2.10. The summed E-state index contributed by atoms with van der Waals surface area (Å²) in [7, 11) is 1.39. The lowest BCUT2D eigenvalue weighted by molar-refractivity contribution is 0.0599. The molecule has 2 heterocycles. The number of methoxy groups -OCH3 is 1. The van der Waals surface area contributed by atoms with Crippen LogP contribution in [0.25, 0.3) is 0 Å². The zero-order chi connectivity index (χ0) is 15.2. The van der Waals surface area contributed by atoms with E-state index in [0.717, 1.165) is 37.7 Å². The Morgan fingerprint density at radius 1 is 1.43 bits per heavy atom. The molecule has 21 heavy (non-hydrogen) atoms. The van der Waals surface area contributed by atoms with Gasteiger partial charge in [-0.25, -0.2) is 9.78 Å². The van der Waals surface area contributed by atoms with Crippen LogP contribution in [-0.2, 0) is 4.74 Å². The van der Waals surface area contributed by atoms with E-state index < -0.39 is 0 Å². The number of carbonyl (C=O) groups is 1. The van der Waals surface area contributed by atoms with Crippen molar-refractivity contribution in [2.24, 2.45) is 5.92 Å². The van der Waals surface area contributed by atoms with Gasteiger partial charge in [0.15, 0.2) is 0 Å². The molecule has 0 bridgehead atoms. The molecule has 0 radical (unpaired) electrons. The van der Waals surface area contributed by atoms with Gasteiger partial charge < -0.3 is 15.0 Å². The number of pyridine rings is 1. The van der Waals surface area contributed by atoms with Crippen molar-refractivity contribution in [1.82, 2.24) is 10.3 Å². The van der Waals surface area contributed by atoms with Crippen molar-refractivity contribution < 1.29 is 9.53 Å². The third-order valence-corrected chi connectivity index (χ3v) is 4.12. The van der Waals surface area contributed by atoms with Crippen LogP contribution in [-0.4, -0.2) is 44.2 Å². The maximum atomic E-state index is 11.6. The van der Waals surface area contributed by atoms with E-state index >= 15 is 0 Å². The van der Waals surface area contributed by atoms with Crippen molar-refractivity contribution >= 4 is 11.8 Å². The summed E-state index contributed by atoms with van der Waals surface area (Å²) in [6, 6.07) is 3.73. The van der Waals surface area contributed by atoms with E-state index in [9.17, 15) is 4.79 Å². The highest BCUT2D eigenvalue weighted by molar-refractivity contribution is 5.90. The number of hydrogen-bond donors (Lipinski definition) is 1. The fourth-order valence-electron chi connectivity index (χ4n) is 2.81. The highest BCUT2D eigenvalue weighted by Gasteiger charge is 2.18. The van der Waals surface area contributed by atoms with Crippen molar-refractivity contribution in [2.75, 3.05) is 38.2 Å². The van der Waals surface area contributed by atoms with E-state index in [2.05, 4.69) is 22.1 Å². The number of aryl methyl sites for hydroxylation is 1. The summed E-state index contributed by atoms with van der Waals surface area (Å²) < 4.78 is 4.77. The molecule has 1 aliphatic heterocycles. The van der Waals surface area contributed by atoms with Crippen molar-refractivity contribution in [1.29, 1.82) is 0 Å². The Bertz CT molecular complexity index is 484. The minimum absolute atomic E-state index is 0.326. The number of nitrogens with zero attached hydrogens (tertiary/aromatic N) is 2. The number of piperidine rings is 1. The number of rotatable bonds is 5. The quantitative estimate of drug-likeness (QED) is 0.841. The Hall–Kier alpha value is -1.62. The van der Waals surface area contributed by atoms with E-state index in [4.69, 9.17) is 4.74 Å². The highest BCUT2D eigenvalue weighted by atomic mass is 16.5. The highest BCUT2D eigenvalue weighted by Crippen LogP contribution is 2.20. The molecular formula is C16H25N3O2. The van der Waals surface area contributed by atoms with Crippen LogP contribution in [0, 0.1) is 12.8 Å². The van der Waals surface area contributed by atoms with Gasteiger partial charge >= 0.3 is 5.97 Å². The summed E-state index contributed by atoms with van der Waals surface area (Å²) in [6.07, 6.45) is 2.44. The van der Waals surface area contributed by atoms with E-state index in [-0.39, 0.29) is 5.97 Å². The molecule has 0 unspecified atom stereocenters. The normalized spacial score (nSPS) is 15.8. The molecular weight excluding hydrogens is 266 g/mol. The third-order valence-electron chi connectivity index (χ3n) is 4.12. The number of hydrogen-bond acceptors (Lipinski definition) is 5. The molecule has 1 fully saturated rings. The first kappa shape index (κ1) is 15.8. The van der Waals surface area contributed by atoms with Gasteiger partial charge in [0.25, 0.3) is 0 Å². The standard InChI is InChI=1S/C16H25N3O2/c1-4-19(11-13-7-9-17-10-8-13)15-6-5-14(12(2)18-15)16(20)21-3/h5-6,13,17H,4,7-11H2,1-3H3. The van der Waals surface area contributed by atoms with Crippen molar-refractivity contribution in [3.63, 3.8) is 0 Å². The monoisotopic (exact) mass is 291 g/mol. The van der Waals surface area contributed by atoms with Crippen LogP contribution < -0.4 is 10.2 Å². The van der Waals surface area contributed by atoms with Gasteiger partial charge in [0.05, 0.1) is 18.4 Å². The second-order valence-electron chi connectivity index (χ2n) is 5.53. The molecule has 1 N–H and O–H groups in total. The molecule has 1 aromatic rings. The predicted octanol–water partition coefficient (Wildman–Crippen LogP) is 2.00. The lowest BCUT2D eigenvalue weighted by atomic mass is 9.97. The maximum absolute atomic E-state index is 11.6. The first-order valence-electron chi connectivity index (χ1n) is 7.67. The van der Waals surface area contributed by atoms with E-state index in [1.807, 2.05) is 19.1 Å². The predicted molar refractivity (Wildman–Crippen MR) is 83.8 cm³/mol. The Morgan fingerprint density at radius 3 is 2.71 bits per heavy atom. The van der Waals surface area contributed by atoms with E-state index in [1.165, 1.54) is 20.0 Å². The first-order chi connectivity index (χ1) is 10.2. The molecule has 5 nitrogen and oxygen atoms in total. The van der Waals surface area contributed by atoms with Gasteiger partial charge in [-0.05, 0) is 57.8 Å². The summed E-state index contributed by atoms with van der Waals surface area (Å²) in [5, 5.41) is 3.40. The van der Waals surface area contributed by atoms with Gasteiger partial charge in [0, 0.05) is 13.1 Å². The molecule has 0 atom stereocenters. The molecule has 0 saturated carbocycles. The number of aromatic nitrogens is 1.